The van der Waals surface area contributed by atoms with Gasteiger partial charge in [0.15, 0.2) is 0 Å². The Bertz CT molecular complexity index is 320. The van der Waals surface area contributed by atoms with E-state index in [1.807, 2.05) is 6.07 Å². The molecule has 1 N–H and O–H groups in total. The van der Waals surface area contributed by atoms with E-state index in [0.29, 0.717) is 0 Å². The lowest BCUT2D eigenvalue weighted by atomic mass is 10.2. The minimum Gasteiger partial charge on any atom is -0.383 e. The number of halogens is 1. The summed E-state index contributed by atoms with van der Waals surface area (Å²) in [7, 11) is 1.70. The molecule has 0 heterocycles. The van der Waals surface area contributed by atoms with Crippen LogP contribution in [0.5, 0.6) is 0 Å². The zero-order chi connectivity index (χ0) is 11.8. The third-order valence-corrected chi connectivity index (χ3v) is 3.36. The molecule has 4 heteroatoms. The third kappa shape index (κ3) is 4.74. The van der Waals surface area contributed by atoms with Crippen molar-refractivity contribution >= 4 is 23.4 Å². The predicted octanol–water partition coefficient (Wildman–Crippen LogP) is 3.19. The Labute approximate surface area is 107 Å². The van der Waals surface area contributed by atoms with Crippen molar-refractivity contribution in [2.75, 3.05) is 26.0 Å². The van der Waals surface area contributed by atoms with Crippen LogP contribution in [0.2, 0.25) is 5.02 Å². The molecule has 90 valence electrons. The molecule has 0 amide bonds. The van der Waals surface area contributed by atoms with Crippen molar-refractivity contribution in [2.45, 2.75) is 18.4 Å². The topological polar surface area (TPSA) is 21.3 Å². The first-order chi connectivity index (χ1) is 7.77. The molecule has 0 aliphatic rings. The van der Waals surface area contributed by atoms with Crippen molar-refractivity contribution in [3.05, 3.63) is 28.8 Å². The molecule has 16 heavy (non-hydrogen) atoms. The van der Waals surface area contributed by atoms with E-state index in [1.165, 1.54) is 4.90 Å². The van der Waals surface area contributed by atoms with E-state index >= 15 is 0 Å². The molecule has 0 saturated carbocycles. The molecule has 0 bridgehead atoms. The maximum Gasteiger partial charge on any atom is 0.0587 e. The molecule has 0 saturated heterocycles. The van der Waals surface area contributed by atoms with Crippen LogP contribution in [-0.4, -0.2) is 26.0 Å². The second-order valence-electron chi connectivity index (χ2n) is 3.36. The first-order valence-corrected chi connectivity index (χ1v) is 6.75. The van der Waals surface area contributed by atoms with Gasteiger partial charge in [-0.1, -0.05) is 24.6 Å². The van der Waals surface area contributed by atoms with Crippen LogP contribution in [-0.2, 0) is 11.3 Å². The average Bonchev–Trinajstić information content (AvgIpc) is 2.27. The van der Waals surface area contributed by atoms with Gasteiger partial charge in [0.1, 0.15) is 0 Å². The van der Waals surface area contributed by atoms with E-state index in [-0.39, 0.29) is 0 Å². The standard InChI is InChI=1S/C12H18ClNOS/c1-3-16-11-5-4-10(12(13)8-11)9-14-6-7-15-2/h4-5,8,14H,3,6-7,9H2,1-2H3. The summed E-state index contributed by atoms with van der Waals surface area (Å²) in [5.74, 6) is 1.07. The van der Waals surface area contributed by atoms with Crippen LogP contribution in [0, 0.1) is 0 Å². The molecule has 1 aromatic carbocycles. The maximum atomic E-state index is 6.19. The van der Waals surface area contributed by atoms with Gasteiger partial charge in [0.25, 0.3) is 0 Å². The Hall–Kier alpha value is -0.220. The minimum absolute atomic E-state index is 0.724. The van der Waals surface area contributed by atoms with E-state index in [1.54, 1.807) is 18.9 Å². The number of nitrogens with one attached hydrogen (secondary N) is 1. The van der Waals surface area contributed by atoms with Crippen molar-refractivity contribution in [3.63, 3.8) is 0 Å². The first kappa shape index (κ1) is 13.8. The second kappa shape index (κ2) is 7.96. The summed E-state index contributed by atoms with van der Waals surface area (Å²) in [4.78, 5) is 1.23. The van der Waals surface area contributed by atoms with E-state index in [0.717, 1.165) is 36.0 Å². The molecule has 0 unspecified atom stereocenters. The smallest absolute Gasteiger partial charge is 0.0587 e. The molecular formula is C12H18ClNOS. The van der Waals surface area contributed by atoms with Gasteiger partial charge in [0.05, 0.1) is 6.61 Å². The van der Waals surface area contributed by atoms with Crippen LogP contribution in [0.15, 0.2) is 23.1 Å². The summed E-state index contributed by atoms with van der Waals surface area (Å²) in [5.41, 5.74) is 1.14. The number of hydrogen-bond donors (Lipinski definition) is 1. The minimum atomic E-state index is 0.724. The second-order valence-corrected chi connectivity index (χ2v) is 5.10. The molecular weight excluding hydrogens is 242 g/mol. The van der Waals surface area contributed by atoms with Gasteiger partial charge in [-0.3, -0.25) is 0 Å². The lowest BCUT2D eigenvalue weighted by Gasteiger charge is -2.07. The van der Waals surface area contributed by atoms with E-state index in [2.05, 4.69) is 24.4 Å². The molecule has 0 atom stereocenters. The number of methoxy groups -OCH3 is 1. The average molecular weight is 260 g/mol. The lowest BCUT2D eigenvalue weighted by molar-refractivity contribution is 0.199. The van der Waals surface area contributed by atoms with Crippen molar-refractivity contribution in [3.8, 4) is 0 Å². The zero-order valence-electron chi connectivity index (χ0n) is 9.75. The SMILES string of the molecule is CCSc1ccc(CNCCOC)c(Cl)c1. The van der Waals surface area contributed by atoms with E-state index in [4.69, 9.17) is 16.3 Å². The van der Waals surface area contributed by atoms with Crippen molar-refractivity contribution in [1.29, 1.82) is 0 Å². The van der Waals surface area contributed by atoms with Gasteiger partial charge in [-0.25, -0.2) is 0 Å². The highest BCUT2D eigenvalue weighted by Gasteiger charge is 2.01. The number of benzene rings is 1. The van der Waals surface area contributed by atoms with Gasteiger partial charge in [0.2, 0.25) is 0 Å². The number of rotatable bonds is 7. The molecule has 0 aromatic heterocycles. The fourth-order valence-corrected chi connectivity index (χ4v) is 2.34. The Morgan fingerprint density at radius 2 is 2.25 bits per heavy atom. The van der Waals surface area contributed by atoms with Crippen LogP contribution in [0.4, 0.5) is 0 Å². The van der Waals surface area contributed by atoms with Crippen LogP contribution in [0.1, 0.15) is 12.5 Å². The number of thioether (sulfide) groups is 1. The summed E-state index contributed by atoms with van der Waals surface area (Å²) in [5, 5.41) is 4.12. The van der Waals surface area contributed by atoms with Crippen LogP contribution >= 0.6 is 23.4 Å². The summed E-state index contributed by atoms with van der Waals surface area (Å²) < 4.78 is 4.96. The molecule has 1 aromatic rings. The van der Waals surface area contributed by atoms with Gasteiger partial charge in [-0.15, -0.1) is 11.8 Å². The Morgan fingerprint density at radius 3 is 2.88 bits per heavy atom. The molecule has 2 nitrogen and oxygen atoms in total. The number of hydrogen-bond acceptors (Lipinski definition) is 3. The molecule has 0 aliphatic carbocycles. The predicted molar refractivity (Wildman–Crippen MR) is 71.4 cm³/mol. The lowest BCUT2D eigenvalue weighted by Crippen LogP contribution is -2.18. The van der Waals surface area contributed by atoms with Crippen LogP contribution in [0.3, 0.4) is 0 Å². The van der Waals surface area contributed by atoms with Gasteiger partial charge in [-0.2, -0.15) is 0 Å². The van der Waals surface area contributed by atoms with Gasteiger partial charge in [-0.05, 0) is 23.4 Å². The highest BCUT2D eigenvalue weighted by molar-refractivity contribution is 7.99. The molecule has 0 radical (unpaired) electrons. The first-order valence-electron chi connectivity index (χ1n) is 5.38. The monoisotopic (exact) mass is 259 g/mol. The van der Waals surface area contributed by atoms with Crippen molar-refractivity contribution in [2.24, 2.45) is 0 Å². The van der Waals surface area contributed by atoms with E-state index in [9.17, 15) is 0 Å². The fraction of sp³-hybridized carbons (Fsp3) is 0.500. The van der Waals surface area contributed by atoms with Gasteiger partial charge in [0, 0.05) is 30.1 Å². The zero-order valence-corrected chi connectivity index (χ0v) is 11.3. The molecule has 1 rings (SSSR count). The van der Waals surface area contributed by atoms with Gasteiger partial charge < -0.3 is 10.1 Å². The maximum absolute atomic E-state index is 6.19. The largest absolute Gasteiger partial charge is 0.383 e. The van der Waals surface area contributed by atoms with Crippen LogP contribution < -0.4 is 5.32 Å². The highest BCUT2D eigenvalue weighted by atomic mass is 35.5. The van der Waals surface area contributed by atoms with Crippen LogP contribution in [0.25, 0.3) is 0 Å². The number of ether oxygens (including phenoxy) is 1. The summed E-state index contributed by atoms with van der Waals surface area (Å²) in [6.45, 7) is 4.50. The summed E-state index contributed by atoms with van der Waals surface area (Å²) in [6, 6.07) is 6.23. The molecule has 0 spiro atoms. The summed E-state index contributed by atoms with van der Waals surface area (Å²) in [6.07, 6.45) is 0. The van der Waals surface area contributed by atoms with Gasteiger partial charge >= 0.3 is 0 Å². The van der Waals surface area contributed by atoms with Crippen molar-refractivity contribution < 1.29 is 4.74 Å². The molecule has 0 aliphatic heterocycles. The summed E-state index contributed by atoms with van der Waals surface area (Å²) >= 11 is 8.00. The quantitative estimate of drug-likeness (QED) is 0.600. The normalized spacial score (nSPS) is 10.7. The molecule has 0 fully saturated rings. The highest BCUT2D eigenvalue weighted by Crippen LogP contribution is 2.24. The van der Waals surface area contributed by atoms with Crippen molar-refractivity contribution in [1.82, 2.24) is 5.32 Å². The van der Waals surface area contributed by atoms with E-state index < -0.39 is 0 Å². The Morgan fingerprint density at radius 1 is 1.44 bits per heavy atom. The third-order valence-electron chi connectivity index (χ3n) is 2.13. The fourth-order valence-electron chi connectivity index (χ4n) is 1.33. The Balaban J connectivity index is 2.47. The Kier molecular flexibility index (Phi) is 6.88.